The summed E-state index contributed by atoms with van der Waals surface area (Å²) >= 11 is 0. The first-order valence-electron chi connectivity index (χ1n) is 8.60. The van der Waals surface area contributed by atoms with Gasteiger partial charge in [-0.25, -0.2) is 0 Å². The highest BCUT2D eigenvalue weighted by Gasteiger charge is 2.37. The van der Waals surface area contributed by atoms with Crippen LogP contribution in [0.4, 0.5) is 0 Å². The number of nitrogens with zero attached hydrogens (tertiary/aromatic N) is 1. The fourth-order valence-electron chi connectivity index (χ4n) is 3.97. The van der Waals surface area contributed by atoms with Gasteiger partial charge in [-0.15, -0.1) is 0 Å². The molecule has 3 heteroatoms. The lowest BCUT2D eigenvalue weighted by atomic mass is 9.80. The van der Waals surface area contributed by atoms with Crippen molar-refractivity contribution in [1.29, 1.82) is 0 Å². The number of piperidine rings is 1. The highest BCUT2D eigenvalue weighted by Crippen LogP contribution is 2.39. The average Bonchev–Trinajstić information content (AvgIpc) is 2.48. The van der Waals surface area contributed by atoms with E-state index in [0.717, 1.165) is 31.7 Å². The van der Waals surface area contributed by atoms with Gasteiger partial charge >= 0.3 is 0 Å². The van der Waals surface area contributed by atoms with Crippen LogP contribution in [0, 0.1) is 11.8 Å². The molecule has 1 saturated heterocycles. The van der Waals surface area contributed by atoms with Crippen molar-refractivity contribution in [3.8, 4) is 5.75 Å². The molecule has 3 rings (SSSR count). The van der Waals surface area contributed by atoms with Gasteiger partial charge in [0.15, 0.2) is 0 Å². The summed E-state index contributed by atoms with van der Waals surface area (Å²) in [5.41, 5.74) is 2.70. The first kappa shape index (κ1) is 15.5. The van der Waals surface area contributed by atoms with Gasteiger partial charge in [0.1, 0.15) is 11.5 Å². The predicted molar refractivity (Wildman–Crippen MR) is 88.2 cm³/mol. The minimum atomic E-state index is 0.237. The second kappa shape index (κ2) is 6.41. The van der Waals surface area contributed by atoms with E-state index in [-0.39, 0.29) is 12.0 Å². The van der Waals surface area contributed by atoms with Gasteiger partial charge in [-0.1, -0.05) is 19.9 Å². The zero-order valence-corrected chi connectivity index (χ0v) is 14.0. The maximum Gasteiger partial charge on any atom is 0.139 e. The summed E-state index contributed by atoms with van der Waals surface area (Å²) in [6, 6.07) is 6.68. The maximum absolute atomic E-state index is 12.5. The number of hydrogen-bond donors (Lipinski definition) is 0. The molecule has 0 radical (unpaired) electrons. The molecular formula is C19H27NO2. The molecule has 0 amide bonds. The number of carbonyl (C=O) groups excluding carboxylic acids is 1. The van der Waals surface area contributed by atoms with Crippen LogP contribution in [0.1, 0.15) is 50.8 Å². The Morgan fingerprint density at radius 1 is 1.36 bits per heavy atom. The van der Waals surface area contributed by atoms with Gasteiger partial charge in [0.05, 0.1) is 6.61 Å². The SMILES string of the molecule is CCOc1ccc2c(c1)CCN1C[C@@H](CC(C)C)C(=O)C[C@H]21. The normalized spacial score (nSPS) is 25.0. The van der Waals surface area contributed by atoms with Crippen molar-refractivity contribution in [2.24, 2.45) is 11.8 Å². The Hall–Kier alpha value is -1.35. The highest BCUT2D eigenvalue weighted by molar-refractivity contribution is 5.83. The Morgan fingerprint density at radius 2 is 2.18 bits per heavy atom. The molecule has 0 spiro atoms. The molecule has 0 N–H and O–H groups in total. The van der Waals surface area contributed by atoms with E-state index in [9.17, 15) is 4.79 Å². The Labute approximate surface area is 133 Å². The summed E-state index contributed by atoms with van der Waals surface area (Å²) < 4.78 is 5.61. The van der Waals surface area contributed by atoms with Gasteiger partial charge in [0.2, 0.25) is 0 Å². The Balaban J connectivity index is 1.79. The number of rotatable bonds is 4. The molecule has 2 aliphatic heterocycles. The number of benzene rings is 1. The molecule has 3 nitrogen and oxygen atoms in total. The monoisotopic (exact) mass is 301 g/mol. The average molecular weight is 301 g/mol. The van der Waals surface area contributed by atoms with E-state index in [0.29, 0.717) is 24.7 Å². The molecule has 22 heavy (non-hydrogen) atoms. The molecule has 2 aliphatic rings. The van der Waals surface area contributed by atoms with Gasteiger partial charge < -0.3 is 4.74 Å². The van der Waals surface area contributed by atoms with Crippen molar-refractivity contribution in [2.45, 2.75) is 46.1 Å². The molecule has 120 valence electrons. The van der Waals surface area contributed by atoms with Crippen LogP contribution in [0.25, 0.3) is 0 Å². The maximum atomic E-state index is 12.5. The Bertz CT molecular complexity index is 552. The van der Waals surface area contributed by atoms with E-state index in [1.165, 1.54) is 11.1 Å². The van der Waals surface area contributed by atoms with Gasteiger partial charge in [0.25, 0.3) is 0 Å². The predicted octanol–water partition coefficient (Wildman–Crippen LogP) is 3.62. The van der Waals surface area contributed by atoms with Gasteiger partial charge in [-0.3, -0.25) is 9.69 Å². The third kappa shape index (κ3) is 3.05. The summed E-state index contributed by atoms with van der Waals surface area (Å²) in [7, 11) is 0. The third-order valence-corrected chi connectivity index (χ3v) is 4.95. The van der Waals surface area contributed by atoms with Crippen LogP contribution in [-0.2, 0) is 11.2 Å². The quantitative estimate of drug-likeness (QED) is 0.850. The van der Waals surface area contributed by atoms with Crippen LogP contribution in [0.15, 0.2) is 18.2 Å². The van der Waals surface area contributed by atoms with Crippen molar-refractivity contribution in [3.63, 3.8) is 0 Å². The fraction of sp³-hybridized carbons (Fsp3) is 0.632. The summed E-state index contributed by atoms with van der Waals surface area (Å²) in [4.78, 5) is 15.0. The van der Waals surface area contributed by atoms with Crippen LogP contribution in [0.2, 0.25) is 0 Å². The van der Waals surface area contributed by atoms with Crippen molar-refractivity contribution in [1.82, 2.24) is 4.90 Å². The van der Waals surface area contributed by atoms with Gasteiger partial charge in [0, 0.05) is 31.5 Å². The topological polar surface area (TPSA) is 29.5 Å². The Morgan fingerprint density at radius 3 is 2.91 bits per heavy atom. The number of fused-ring (bicyclic) bond motifs is 3. The molecule has 1 fully saturated rings. The van der Waals surface area contributed by atoms with Gasteiger partial charge in [-0.05, 0) is 48.9 Å². The number of carbonyl (C=O) groups is 1. The van der Waals surface area contributed by atoms with E-state index in [4.69, 9.17) is 4.74 Å². The van der Waals surface area contributed by atoms with Crippen molar-refractivity contribution in [3.05, 3.63) is 29.3 Å². The van der Waals surface area contributed by atoms with E-state index in [2.05, 4.69) is 36.9 Å². The number of Topliss-reactive ketones (excluding diaryl/α,β-unsaturated/α-hetero) is 1. The van der Waals surface area contributed by atoms with E-state index >= 15 is 0 Å². The lowest BCUT2D eigenvalue weighted by Gasteiger charge is -2.43. The van der Waals surface area contributed by atoms with Crippen molar-refractivity contribution < 1.29 is 9.53 Å². The highest BCUT2D eigenvalue weighted by atomic mass is 16.5. The molecular weight excluding hydrogens is 274 g/mol. The molecule has 2 atom stereocenters. The zero-order valence-electron chi connectivity index (χ0n) is 14.0. The lowest BCUT2D eigenvalue weighted by molar-refractivity contribution is -0.129. The molecule has 2 heterocycles. The summed E-state index contributed by atoms with van der Waals surface area (Å²) in [5.74, 6) is 2.24. The molecule has 0 unspecified atom stereocenters. The molecule has 0 aromatic heterocycles. The second-order valence-corrected chi connectivity index (χ2v) is 7.05. The van der Waals surface area contributed by atoms with Crippen LogP contribution in [-0.4, -0.2) is 30.4 Å². The third-order valence-electron chi connectivity index (χ3n) is 4.95. The zero-order chi connectivity index (χ0) is 15.7. The minimum Gasteiger partial charge on any atom is -0.494 e. The summed E-state index contributed by atoms with van der Waals surface area (Å²) in [6.45, 7) is 9.13. The van der Waals surface area contributed by atoms with Crippen molar-refractivity contribution in [2.75, 3.05) is 19.7 Å². The second-order valence-electron chi connectivity index (χ2n) is 7.05. The largest absolute Gasteiger partial charge is 0.494 e. The number of hydrogen-bond acceptors (Lipinski definition) is 3. The summed E-state index contributed by atoms with van der Waals surface area (Å²) in [6.07, 6.45) is 2.77. The standard InChI is InChI=1S/C19H27NO2/c1-4-22-16-5-6-17-14(10-16)7-8-20-12-15(9-13(2)3)19(21)11-18(17)20/h5-6,10,13,15,18H,4,7-9,11-12H2,1-3H3/t15-,18-/m1/s1. The molecule has 1 aromatic rings. The molecule has 0 saturated carbocycles. The van der Waals surface area contributed by atoms with Crippen LogP contribution in [0.5, 0.6) is 5.75 Å². The first-order valence-corrected chi connectivity index (χ1v) is 8.60. The fourth-order valence-corrected chi connectivity index (χ4v) is 3.97. The molecule has 0 aliphatic carbocycles. The van der Waals surface area contributed by atoms with Crippen LogP contribution in [0.3, 0.4) is 0 Å². The van der Waals surface area contributed by atoms with E-state index < -0.39 is 0 Å². The smallest absolute Gasteiger partial charge is 0.139 e. The minimum absolute atomic E-state index is 0.237. The van der Waals surface area contributed by atoms with Gasteiger partial charge in [-0.2, -0.15) is 0 Å². The van der Waals surface area contributed by atoms with Crippen LogP contribution >= 0.6 is 0 Å². The van der Waals surface area contributed by atoms with E-state index in [1.54, 1.807) is 0 Å². The first-order chi connectivity index (χ1) is 10.6. The molecule has 1 aromatic carbocycles. The van der Waals surface area contributed by atoms with E-state index in [1.807, 2.05) is 6.92 Å². The Kier molecular flexibility index (Phi) is 4.53. The van der Waals surface area contributed by atoms with Crippen molar-refractivity contribution >= 4 is 5.78 Å². The molecule has 0 bridgehead atoms. The summed E-state index contributed by atoms with van der Waals surface area (Å²) in [5, 5.41) is 0. The lowest BCUT2D eigenvalue weighted by Crippen LogP contribution is -2.46. The number of ketones is 1. The number of ether oxygens (including phenoxy) is 1. The van der Waals surface area contributed by atoms with Crippen LogP contribution < -0.4 is 4.74 Å².